The number of hydrogen-bond donors (Lipinski definition) is 1. The van der Waals surface area contributed by atoms with Gasteiger partial charge in [-0.25, -0.2) is 4.39 Å². The molecule has 0 spiro atoms. The van der Waals surface area contributed by atoms with Crippen LogP contribution in [0.15, 0.2) is 42.5 Å². The number of ether oxygens (including phenoxy) is 1. The second-order valence-electron chi connectivity index (χ2n) is 4.30. The van der Waals surface area contributed by atoms with Gasteiger partial charge in [-0.2, -0.15) is 8.78 Å². The highest BCUT2D eigenvalue weighted by Crippen LogP contribution is 2.24. The Morgan fingerprint density at radius 2 is 1.90 bits per heavy atom. The predicted molar refractivity (Wildman–Crippen MR) is 71.5 cm³/mol. The largest absolute Gasteiger partial charge is 0.434 e. The van der Waals surface area contributed by atoms with Crippen LogP contribution in [0.3, 0.4) is 0 Å². The van der Waals surface area contributed by atoms with Crippen molar-refractivity contribution in [3.8, 4) is 5.75 Å². The molecular formula is C15H14F3NO. The molecule has 0 heterocycles. The van der Waals surface area contributed by atoms with Gasteiger partial charge >= 0.3 is 6.61 Å². The second kappa shape index (κ2) is 6.32. The molecule has 0 atom stereocenters. The minimum atomic E-state index is -2.87. The van der Waals surface area contributed by atoms with Gasteiger partial charge in [-0.05, 0) is 24.6 Å². The van der Waals surface area contributed by atoms with E-state index in [9.17, 15) is 13.2 Å². The Morgan fingerprint density at radius 1 is 1.15 bits per heavy atom. The smallest absolute Gasteiger partial charge is 0.387 e. The van der Waals surface area contributed by atoms with Crippen LogP contribution in [0.5, 0.6) is 5.75 Å². The van der Waals surface area contributed by atoms with Crippen LogP contribution in [0.25, 0.3) is 0 Å². The highest BCUT2D eigenvalue weighted by molar-refractivity contribution is 5.51. The van der Waals surface area contributed by atoms with E-state index in [4.69, 9.17) is 0 Å². The van der Waals surface area contributed by atoms with Gasteiger partial charge in [-0.1, -0.05) is 24.3 Å². The van der Waals surface area contributed by atoms with E-state index < -0.39 is 6.61 Å². The van der Waals surface area contributed by atoms with E-state index in [2.05, 4.69) is 10.1 Å². The Bertz CT molecular complexity index is 587. The molecule has 106 valence electrons. The average Bonchev–Trinajstić information content (AvgIpc) is 2.40. The summed E-state index contributed by atoms with van der Waals surface area (Å²) < 4.78 is 42.3. The third-order valence-corrected chi connectivity index (χ3v) is 2.85. The molecule has 0 radical (unpaired) electrons. The molecule has 0 amide bonds. The van der Waals surface area contributed by atoms with Crippen molar-refractivity contribution < 1.29 is 17.9 Å². The molecular weight excluding hydrogens is 267 g/mol. The lowest BCUT2D eigenvalue weighted by Gasteiger charge is -2.12. The Hall–Kier alpha value is -2.17. The quantitative estimate of drug-likeness (QED) is 0.879. The van der Waals surface area contributed by atoms with Crippen molar-refractivity contribution in [1.82, 2.24) is 0 Å². The van der Waals surface area contributed by atoms with Crippen molar-refractivity contribution in [3.63, 3.8) is 0 Å². The number of nitrogens with one attached hydrogen (secondary N) is 1. The van der Waals surface area contributed by atoms with Crippen LogP contribution in [-0.4, -0.2) is 6.61 Å². The minimum Gasteiger partial charge on any atom is -0.434 e. The van der Waals surface area contributed by atoms with Gasteiger partial charge in [0.15, 0.2) is 0 Å². The molecule has 0 aromatic heterocycles. The molecule has 5 heteroatoms. The molecule has 0 saturated carbocycles. The van der Waals surface area contributed by atoms with Gasteiger partial charge in [0, 0.05) is 23.9 Å². The summed E-state index contributed by atoms with van der Waals surface area (Å²) in [5.74, 6) is -0.199. The highest BCUT2D eigenvalue weighted by atomic mass is 19.3. The van der Waals surface area contributed by atoms with Gasteiger partial charge in [-0.3, -0.25) is 0 Å². The second-order valence-corrected chi connectivity index (χ2v) is 4.30. The topological polar surface area (TPSA) is 21.3 Å². The van der Waals surface area contributed by atoms with Gasteiger partial charge in [-0.15, -0.1) is 0 Å². The fourth-order valence-electron chi connectivity index (χ4n) is 1.77. The molecule has 20 heavy (non-hydrogen) atoms. The maximum Gasteiger partial charge on any atom is 0.387 e. The number of anilines is 1. The zero-order chi connectivity index (χ0) is 14.5. The number of aryl methyl sites for hydroxylation is 1. The first kappa shape index (κ1) is 14.2. The molecule has 2 rings (SSSR count). The molecule has 2 aromatic rings. The van der Waals surface area contributed by atoms with Crippen molar-refractivity contribution in [2.45, 2.75) is 20.1 Å². The SMILES string of the molecule is Cc1ccc(NCc2ccccc2F)cc1OC(F)F. The standard InChI is InChI=1S/C15H14F3NO/c1-10-6-7-12(8-14(10)20-15(17)18)19-9-11-4-2-3-5-13(11)16/h2-8,15,19H,9H2,1H3. The fraction of sp³-hybridized carbons (Fsp3) is 0.200. The van der Waals surface area contributed by atoms with E-state index in [1.165, 1.54) is 12.1 Å². The highest BCUT2D eigenvalue weighted by Gasteiger charge is 2.08. The number of halogens is 3. The maximum absolute atomic E-state index is 13.4. The molecule has 1 N–H and O–H groups in total. The molecule has 0 fully saturated rings. The van der Waals surface area contributed by atoms with Crippen LogP contribution in [0.2, 0.25) is 0 Å². The summed E-state index contributed by atoms with van der Waals surface area (Å²) in [6.07, 6.45) is 0. The Kier molecular flexibility index (Phi) is 4.50. The summed E-state index contributed by atoms with van der Waals surface area (Å²) in [7, 11) is 0. The van der Waals surface area contributed by atoms with Crippen LogP contribution < -0.4 is 10.1 Å². The van der Waals surface area contributed by atoms with E-state index in [1.54, 1.807) is 37.3 Å². The monoisotopic (exact) mass is 281 g/mol. The first-order valence-electron chi connectivity index (χ1n) is 6.09. The molecule has 0 aliphatic rings. The molecule has 0 saturated heterocycles. The predicted octanol–water partition coefficient (Wildman–Crippen LogP) is 4.35. The van der Waals surface area contributed by atoms with Gasteiger partial charge in [0.2, 0.25) is 0 Å². The molecule has 0 unspecified atom stereocenters. The van der Waals surface area contributed by atoms with Crippen molar-refractivity contribution in [1.29, 1.82) is 0 Å². The molecule has 2 nitrogen and oxygen atoms in total. The number of alkyl halides is 2. The fourth-order valence-corrected chi connectivity index (χ4v) is 1.77. The minimum absolute atomic E-state index is 0.110. The van der Waals surface area contributed by atoms with Crippen LogP contribution in [0.1, 0.15) is 11.1 Å². The van der Waals surface area contributed by atoms with E-state index >= 15 is 0 Å². The van der Waals surface area contributed by atoms with E-state index in [1.807, 2.05) is 0 Å². The molecule has 0 aliphatic carbocycles. The van der Waals surface area contributed by atoms with Gasteiger partial charge in [0.25, 0.3) is 0 Å². The van der Waals surface area contributed by atoms with Gasteiger partial charge in [0.1, 0.15) is 11.6 Å². The van der Waals surface area contributed by atoms with E-state index in [0.29, 0.717) is 16.8 Å². The van der Waals surface area contributed by atoms with E-state index in [0.717, 1.165) is 0 Å². The Morgan fingerprint density at radius 3 is 2.60 bits per heavy atom. The third kappa shape index (κ3) is 3.66. The van der Waals surface area contributed by atoms with Crippen LogP contribution in [0, 0.1) is 12.7 Å². The number of benzene rings is 2. The summed E-state index contributed by atoms with van der Waals surface area (Å²) in [5.41, 5.74) is 1.71. The Balaban J connectivity index is 2.08. The average molecular weight is 281 g/mol. The van der Waals surface area contributed by atoms with Crippen LogP contribution in [-0.2, 0) is 6.54 Å². The first-order valence-corrected chi connectivity index (χ1v) is 6.09. The summed E-state index contributed by atoms with van der Waals surface area (Å²) in [5, 5.41) is 2.98. The van der Waals surface area contributed by atoms with E-state index in [-0.39, 0.29) is 18.1 Å². The number of rotatable bonds is 5. The van der Waals surface area contributed by atoms with Gasteiger partial charge in [0.05, 0.1) is 0 Å². The van der Waals surface area contributed by atoms with Crippen molar-refractivity contribution >= 4 is 5.69 Å². The lowest BCUT2D eigenvalue weighted by Crippen LogP contribution is -2.05. The lowest BCUT2D eigenvalue weighted by atomic mass is 10.2. The first-order chi connectivity index (χ1) is 9.56. The van der Waals surface area contributed by atoms with Crippen molar-refractivity contribution in [3.05, 3.63) is 59.4 Å². The summed E-state index contributed by atoms with van der Waals surface area (Å²) in [6, 6.07) is 11.3. The summed E-state index contributed by atoms with van der Waals surface area (Å²) >= 11 is 0. The zero-order valence-electron chi connectivity index (χ0n) is 10.9. The van der Waals surface area contributed by atoms with Crippen molar-refractivity contribution in [2.75, 3.05) is 5.32 Å². The molecule has 0 aliphatic heterocycles. The molecule has 2 aromatic carbocycles. The molecule has 0 bridgehead atoms. The normalized spacial score (nSPS) is 10.7. The van der Waals surface area contributed by atoms with Gasteiger partial charge < -0.3 is 10.1 Å². The summed E-state index contributed by atoms with van der Waals surface area (Å²) in [4.78, 5) is 0. The Labute approximate surface area is 115 Å². The third-order valence-electron chi connectivity index (χ3n) is 2.85. The van der Waals surface area contributed by atoms with Crippen molar-refractivity contribution in [2.24, 2.45) is 0 Å². The maximum atomic E-state index is 13.4. The number of hydrogen-bond acceptors (Lipinski definition) is 2. The van der Waals surface area contributed by atoms with Crippen LogP contribution >= 0.6 is 0 Å². The lowest BCUT2D eigenvalue weighted by molar-refractivity contribution is -0.0502. The zero-order valence-corrected chi connectivity index (χ0v) is 10.9. The van der Waals surface area contributed by atoms with Crippen LogP contribution in [0.4, 0.5) is 18.9 Å². The summed E-state index contributed by atoms with van der Waals surface area (Å²) in [6.45, 7) is -0.919.